The molecule has 0 saturated carbocycles. The Kier molecular flexibility index (Phi) is 5.55. The van der Waals surface area contributed by atoms with Gasteiger partial charge in [-0.1, -0.05) is 11.6 Å². The van der Waals surface area contributed by atoms with E-state index < -0.39 is 11.1 Å². The normalized spacial score (nSPS) is 20.6. The second-order valence-electron chi connectivity index (χ2n) is 11.6. The van der Waals surface area contributed by atoms with E-state index in [1.54, 1.807) is 12.3 Å². The highest BCUT2D eigenvalue weighted by Gasteiger charge is 2.48. The lowest BCUT2D eigenvalue weighted by Crippen LogP contribution is -2.62. The van der Waals surface area contributed by atoms with E-state index in [-0.39, 0.29) is 17.4 Å². The van der Waals surface area contributed by atoms with Crippen LogP contribution in [0.4, 0.5) is 16.2 Å². The van der Waals surface area contributed by atoms with Gasteiger partial charge in [-0.15, -0.1) is 0 Å². The lowest BCUT2D eigenvalue weighted by atomic mass is 9.72. The lowest BCUT2D eigenvalue weighted by Gasteiger charge is -2.54. The smallest absolute Gasteiger partial charge is 0.410 e. The van der Waals surface area contributed by atoms with E-state index in [4.69, 9.17) is 16.3 Å². The summed E-state index contributed by atoms with van der Waals surface area (Å²) in [4.78, 5) is 36.1. The molecule has 2 saturated heterocycles. The number of anilines is 2. The van der Waals surface area contributed by atoms with Gasteiger partial charge in [0.15, 0.2) is 0 Å². The van der Waals surface area contributed by atoms with E-state index in [9.17, 15) is 9.59 Å². The summed E-state index contributed by atoms with van der Waals surface area (Å²) in [5.74, 6) is -0.0325. The number of carbonyl (C=O) groups is 2. The number of hydrogen-bond acceptors (Lipinski definition) is 5. The third-order valence-corrected chi connectivity index (χ3v) is 7.73. The molecule has 0 radical (unpaired) electrons. The molecule has 1 aromatic heterocycles. The molecule has 2 amide bonds. The molecule has 0 atom stereocenters. The zero-order chi connectivity index (χ0) is 25.2. The van der Waals surface area contributed by atoms with Crippen molar-refractivity contribution in [3.8, 4) is 0 Å². The van der Waals surface area contributed by atoms with Gasteiger partial charge in [-0.05, 0) is 77.3 Å². The highest BCUT2D eigenvalue weighted by Crippen LogP contribution is 2.45. The van der Waals surface area contributed by atoms with Crippen LogP contribution in [0.5, 0.6) is 0 Å². The topological polar surface area (TPSA) is 66.0 Å². The van der Waals surface area contributed by atoms with Crippen molar-refractivity contribution in [3.05, 3.63) is 52.8 Å². The van der Waals surface area contributed by atoms with Crippen LogP contribution in [0.15, 0.2) is 36.7 Å². The molecular formula is C27H33ClN4O3. The summed E-state index contributed by atoms with van der Waals surface area (Å²) in [5.41, 5.74) is 2.58. The van der Waals surface area contributed by atoms with E-state index >= 15 is 0 Å². The SMILES string of the molecule is CC(C)(C)OC(=O)N1CC2(CCN(c3cncc(N4C(=O)c5ccc(Cl)cc5C4(C)C)c3)CC2)C1. The largest absolute Gasteiger partial charge is 0.444 e. The van der Waals surface area contributed by atoms with Gasteiger partial charge >= 0.3 is 6.09 Å². The average Bonchev–Trinajstić information content (AvgIpc) is 2.95. The number of amides is 2. The van der Waals surface area contributed by atoms with Gasteiger partial charge in [0.05, 0.1) is 29.3 Å². The van der Waals surface area contributed by atoms with Crippen molar-refractivity contribution in [2.45, 2.75) is 58.6 Å². The summed E-state index contributed by atoms with van der Waals surface area (Å²) in [6.45, 7) is 13.1. The number of piperidine rings is 1. The molecule has 186 valence electrons. The number of aromatic nitrogens is 1. The third-order valence-electron chi connectivity index (χ3n) is 7.49. The number of rotatable bonds is 2. The van der Waals surface area contributed by atoms with Crippen molar-refractivity contribution in [2.24, 2.45) is 5.41 Å². The highest BCUT2D eigenvalue weighted by atomic mass is 35.5. The first-order chi connectivity index (χ1) is 16.4. The molecule has 4 heterocycles. The fourth-order valence-electron chi connectivity index (χ4n) is 5.63. The van der Waals surface area contributed by atoms with Crippen molar-refractivity contribution < 1.29 is 14.3 Å². The van der Waals surface area contributed by atoms with Crippen LogP contribution < -0.4 is 9.80 Å². The predicted molar refractivity (Wildman–Crippen MR) is 137 cm³/mol. The molecule has 0 N–H and O–H groups in total. The zero-order valence-electron chi connectivity index (χ0n) is 21.1. The second kappa shape index (κ2) is 8.12. The maximum atomic E-state index is 13.3. The molecule has 0 bridgehead atoms. The molecule has 0 unspecified atom stereocenters. The highest BCUT2D eigenvalue weighted by molar-refractivity contribution is 6.31. The lowest BCUT2D eigenvalue weighted by molar-refractivity contribution is -0.0434. The summed E-state index contributed by atoms with van der Waals surface area (Å²) in [6, 6.07) is 7.52. The van der Waals surface area contributed by atoms with Gasteiger partial charge in [0.2, 0.25) is 0 Å². The van der Waals surface area contributed by atoms with Crippen LogP contribution in [0.1, 0.15) is 63.4 Å². The molecule has 2 fully saturated rings. The quantitative estimate of drug-likeness (QED) is 0.551. The Morgan fingerprint density at radius 3 is 2.37 bits per heavy atom. The number of pyridine rings is 1. The van der Waals surface area contributed by atoms with E-state index in [0.717, 1.165) is 56.0 Å². The van der Waals surface area contributed by atoms with Gasteiger partial charge in [-0.2, -0.15) is 0 Å². The Labute approximate surface area is 212 Å². The second-order valence-corrected chi connectivity index (χ2v) is 12.1. The number of hydrogen-bond donors (Lipinski definition) is 0. The summed E-state index contributed by atoms with van der Waals surface area (Å²) < 4.78 is 5.51. The van der Waals surface area contributed by atoms with Crippen LogP contribution in [0.25, 0.3) is 0 Å². The standard InChI is InChI=1S/C27H33ClN4O3/c1-25(2,3)35-24(34)31-16-27(17-31)8-10-30(11-9-27)19-13-20(15-29-14-19)32-23(33)21-7-6-18(28)12-22(21)26(32,4)5/h6-7,12-15H,8-11,16-17H2,1-5H3. The first-order valence-corrected chi connectivity index (χ1v) is 12.6. The van der Waals surface area contributed by atoms with Crippen LogP contribution in [0.2, 0.25) is 5.02 Å². The average molecular weight is 497 g/mol. The van der Waals surface area contributed by atoms with Gasteiger partial charge in [-0.25, -0.2) is 4.79 Å². The number of nitrogens with zero attached hydrogens (tertiary/aromatic N) is 4. The van der Waals surface area contributed by atoms with Crippen molar-refractivity contribution in [2.75, 3.05) is 36.0 Å². The number of carbonyl (C=O) groups excluding carboxylic acids is 2. The molecule has 1 aromatic carbocycles. The van der Waals surface area contributed by atoms with Crippen molar-refractivity contribution in [1.29, 1.82) is 0 Å². The first-order valence-electron chi connectivity index (χ1n) is 12.2. The summed E-state index contributed by atoms with van der Waals surface area (Å²) in [5, 5.41) is 0.627. The maximum Gasteiger partial charge on any atom is 0.410 e. The number of halogens is 1. The Morgan fingerprint density at radius 1 is 1.06 bits per heavy atom. The van der Waals surface area contributed by atoms with Crippen LogP contribution in [-0.4, -0.2) is 53.7 Å². The summed E-state index contributed by atoms with van der Waals surface area (Å²) in [7, 11) is 0. The van der Waals surface area contributed by atoms with E-state index in [0.29, 0.717) is 10.6 Å². The Morgan fingerprint density at radius 2 is 1.71 bits per heavy atom. The molecule has 2 aromatic rings. The van der Waals surface area contributed by atoms with Crippen molar-refractivity contribution in [3.63, 3.8) is 0 Å². The van der Waals surface area contributed by atoms with E-state index in [1.165, 1.54) is 0 Å². The molecule has 7 nitrogen and oxygen atoms in total. The van der Waals surface area contributed by atoms with Crippen LogP contribution in [-0.2, 0) is 10.3 Å². The van der Waals surface area contributed by atoms with Gasteiger partial charge in [0, 0.05) is 42.2 Å². The first kappa shape index (κ1) is 23.9. The van der Waals surface area contributed by atoms with E-state index in [2.05, 4.69) is 16.0 Å². The summed E-state index contributed by atoms with van der Waals surface area (Å²) in [6.07, 6.45) is 5.42. The predicted octanol–water partition coefficient (Wildman–Crippen LogP) is 5.47. The molecule has 5 rings (SSSR count). The fraction of sp³-hybridized carbons (Fsp3) is 0.519. The number of ether oxygens (including phenoxy) is 1. The van der Waals surface area contributed by atoms with Crippen LogP contribution in [0, 0.1) is 5.41 Å². The minimum absolute atomic E-state index is 0.0325. The van der Waals surface area contributed by atoms with Gasteiger partial charge in [-0.3, -0.25) is 14.7 Å². The number of benzene rings is 1. The van der Waals surface area contributed by atoms with Crippen molar-refractivity contribution >= 4 is 35.0 Å². The van der Waals surface area contributed by atoms with Gasteiger partial charge in [0.25, 0.3) is 5.91 Å². The minimum atomic E-state index is -0.527. The Balaban J connectivity index is 1.27. The minimum Gasteiger partial charge on any atom is -0.444 e. The molecule has 3 aliphatic heterocycles. The Hall–Kier alpha value is -2.80. The molecule has 3 aliphatic rings. The van der Waals surface area contributed by atoms with Crippen molar-refractivity contribution in [1.82, 2.24) is 9.88 Å². The Bertz CT molecular complexity index is 1170. The molecule has 8 heteroatoms. The van der Waals surface area contributed by atoms with Gasteiger partial charge < -0.3 is 14.5 Å². The third kappa shape index (κ3) is 4.24. The molecule has 0 aliphatic carbocycles. The summed E-state index contributed by atoms with van der Waals surface area (Å²) >= 11 is 6.24. The number of fused-ring (bicyclic) bond motifs is 1. The van der Waals surface area contributed by atoms with Crippen LogP contribution >= 0.6 is 11.6 Å². The monoisotopic (exact) mass is 496 g/mol. The molecule has 1 spiro atoms. The van der Waals surface area contributed by atoms with E-state index in [1.807, 2.05) is 62.7 Å². The maximum absolute atomic E-state index is 13.3. The molecular weight excluding hydrogens is 464 g/mol. The fourth-order valence-corrected chi connectivity index (χ4v) is 5.80. The number of likely N-dealkylation sites (tertiary alicyclic amines) is 1. The van der Waals surface area contributed by atoms with Gasteiger partial charge in [0.1, 0.15) is 5.60 Å². The van der Waals surface area contributed by atoms with Crippen LogP contribution in [0.3, 0.4) is 0 Å². The zero-order valence-corrected chi connectivity index (χ0v) is 21.9. The molecule has 35 heavy (non-hydrogen) atoms.